The number of para-hydroxylation sites is 1. The zero-order chi connectivity index (χ0) is 32.6. The fourth-order valence-electron chi connectivity index (χ4n) is 7.04. The van der Waals surface area contributed by atoms with Crippen molar-refractivity contribution < 1.29 is 22.7 Å². The summed E-state index contributed by atoms with van der Waals surface area (Å²) < 4.78 is 31.2. The molecule has 1 aromatic heterocycles. The lowest BCUT2D eigenvalue weighted by molar-refractivity contribution is -0.134. The number of carbonyl (C=O) groups is 2. The Bertz CT molecular complexity index is 1450. The van der Waals surface area contributed by atoms with Crippen molar-refractivity contribution in [2.75, 3.05) is 58.7 Å². The number of hydrogen-bond acceptors (Lipinski definition) is 8. The molecule has 2 fully saturated rings. The smallest absolute Gasteiger partial charge is 0.226 e. The standard InChI is InChI=1S/C34H50N6O5S/c1-26-25-29(38-32(37-26)28-12-19-40(20-13-28)46(2,43)44)10-11-31(41)35-17-23-39-21-15-34(16-22-39)14-6-5-8-27-7-3-4-9-30(27)45-24-18-36-33(34)42/h3-4,7,9,25,28H,5-6,8,10-24H2,1-2H3,(H,35,41)(H,36,42). The van der Waals surface area contributed by atoms with E-state index in [1.54, 1.807) is 0 Å². The molecule has 2 saturated heterocycles. The third-order valence-corrected chi connectivity index (χ3v) is 11.1. The van der Waals surface area contributed by atoms with Crippen LogP contribution in [0.25, 0.3) is 0 Å². The largest absolute Gasteiger partial charge is 0.491 e. The lowest BCUT2D eigenvalue weighted by Crippen LogP contribution is -2.50. The van der Waals surface area contributed by atoms with E-state index < -0.39 is 10.0 Å². The molecule has 252 valence electrons. The van der Waals surface area contributed by atoms with E-state index in [4.69, 9.17) is 9.72 Å². The van der Waals surface area contributed by atoms with E-state index in [1.165, 1.54) is 16.1 Å². The van der Waals surface area contributed by atoms with Gasteiger partial charge in [-0.15, -0.1) is 0 Å². The van der Waals surface area contributed by atoms with Crippen molar-refractivity contribution in [3.63, 3.8) is 0 Å². The highest BCUT2D eigenvalue weighted by atomic mass is 32.2. The summed E-state index contributed by atoms with van der Waals surface area (Å²) in [4.78, 5) is 37.8. The molecule has 2 N–H and O–H groups in total. The Labute approximate surface area is 273 Å². The molecule has 3 aliphatic rings. The van der Waals surface area contributed by atoms with E-state index >= 15 is 0 Å². The van der Waals surface area contributed by atoms with Crippen LogP contribution in [-0.4, -0.2) is 98.1 Å². The predicted octanol–water partition coefficient (Wildman–Crippen LogP) is 2.98. The van der Waals surface area contributed by atoms with Gasteiger partial charge in [-0.3, -0.25) is 9.59 Å². The van der Waals surface area contributed by atoms with Crippen LogP contribution < -0.4 is 15.4 Å². The normalized spacial score (nSPS) is 20.5. The van der Waals surface area contributed by atoms with E-state index in [2.05, 4.69) is 32.7 Å². The summed E-state index contributed by atoms with van der Waals surface area (Å²) >= 11 is 0. The van der Waals surface area contributed by atoms with Crippen molar-refractivity contribution in [3.05, 3.63) is 53.1 Å². The van der Waals surface area contributed by atoms with Gasteiger partial charge in [-0.2, -0.15) is 0 Å². The highest BCUT2D eigenvalue weighted by molar-refractivity contribution is 7.88. The SMILES string of the molecule is Cc1cc(CCC(=O)NCCN2CCC3(CCCCc4ccccc4OCCNC3=O)CC2)nc(C2CCN(S(C)(=O)=O)CC2)n1. The number of benzene rings is 1. The summed E-state index contributed by atoms with van der Waals surface area (Å²) in [5, 5.41) is 6.22. The molecular formula is C34H50N6O5S. The Morgan fingerprint density at radius 2 is 1.85 bits per heavy atom. The summed E-state index contributed by atoms with van der Waals surface area (Å²) in [5.74, 6) is 1.94. The number of aromatic nitrogens is 2. The molecule has 2 amide bonds. The van der Waals surface area contributed by atoms with Crippen LogP contribution in [0.4, 0.5) is 0 Å². The highest BCUT2D eigenvalue weighted by Gasteiger charge is 2.40. The van der Waals surface area contributed by atoms with Gasteiger partial charge in [-0.1, -0.05) is 24.6 Å². The number of rotatable bonds is 8. The number of nitrogens with zero attached hydrogens (tertiary/aromatic N) is 4. The van der Waals surface area contributed by atoms with Gasteiger partial charge in [0.2, 0.25) is 21.8 Å². The Morgan fingerprint density at radius 1 is 1.09 bits per heavy atom. The van der Waals surface area contributed by atoms with Crippen molar-refractivity contribution in [1.29, 1.82) is 0 Å². The van der Waals surface area contributed by atoms with Crippen LogP contribution in [0.3, 0.4) is 0 Å². The number of sulfonamides is 1. The number of amides is 2. The summed E-state index contributed by atoms with van der Waals surface area (Å²) in [6.45, 7) is 6.88. The number of hydrogen-bond donors (Lipinski definition) is 2. The lowest BCUT2D eigenvalue weighted by Gasteiger charge is -2.41. The van der Waals surface area contributed by atoms with Crippen LogP contribution in [-0.2, 0) is 32.5 Å². The molecule has 46 heavy (non-hydrogen) atoms. The van der Waals surface area contributed by atoms with Gasteiger partial charge < -0.3 is 20.3 Å². The third kappa shape index (κ3) is 9.25. The van der Waals surface area contributed by atoms with Gasteiger partial charge in [0, 0.05) is 49.9 Å². The maximum atomic E-state index is 13.4. The number of carbonyl (C=O) groups excluding carboxylic acids is 2. The Kier molecular flexibility index (Phi) is 11.7. The predicted molar refractivity (Wildman–Crippen MR) is 177 cm³/mol. The molecule has 3 aliphatic heterocycles. The number of likely N-dealkylation sites (tertiary alicyclic amines) is 1. The number of piperidine rings is 2. The topological polar surface area (TPSA) is 134 Å². The molecule has 2 aromatic rings. The minimum atomic E-state index is -3.18. The quantitative estimate of drug-likeness (QED) is 0.444. The zero-order valence-corrected chi connectivity index (χ0v) is 28.2. The molecule has 0 unspecified atom stereocenters. The van der Waals surface area contributed by atoms with E-state index in [-0.39, 0.29) is 23.1 Å². The second kappa shape index (κ2) is 15.7. The van der Waals surface area contributed by atoms with E-state index in [1.807, 2.05) is 25.1 Å². The second-order valence-electron chi connectivity index (χ2n) is 13.2. The molecule has 0 saturated carbocycles. The van der Waals surface area contributed by atoms with Crippen LogP contribution in [0.5, 0.6) is 5.75 Å². The van der Waals surface area contributed by atoms with Gasteiger partial charge >= 0.3 is 0 Å². The fraction of sp³-hybridized carbons (Fsp3) is 0.647. The van der Waals surface area contributed by atoms with Crippen molar-refractivity contribution in [2.45, 2.75) is 77.0 Å². The van der Waals surface area contributed by atoms with Crippen LogP contribution >= 0.6 is 0 Å². The molecule has 1 spiro atoms. The zero-order valence-electron chi connectivity index (χ0n) is 27.4. The van der Waals surface area contributed by atoms with Gasteiger partial charge in [-0.05, 0) is 89.1 Å². The summed E-state index contributed by atoms with van der Waals surface area (Å²) in [6, 6.07) is 10.1. The number of nitrogens with one attached hydrogen (secondary N) is 2. The Morgan fingerprint density at radius 3 is 2.61 bits per heavy atom. The first-order chi connectivity index (χ1) is 22.1. The Balaban J connectivity index is 1.04. The summed E-state index contributed by atoms with van der Waals surface area (Å²) in [7, 11) is -3.18. The molecule has 11 nitrogen and oxygen atoms in total. The minimum absolute atomic E-state index is 0.00441. The first kappa shape index (κ1) is 34.3. The van der Waals surface area contributed by atoms with Gasteiger partial charge in [-0.25, -0.2) is 22.7 Å². The van der Waals surface area contributed by atoms with Crippen LogP contribution in [0.15, 0.2) is 30.3 Å². The molecule has 12 heteroatoms. The molecule has 0 aliphatic carbocycles. The summed E-state index contributed by atoms with van der Waals surface area (Å²) in [6.07, 6.45) is 9.08. The van der Waals surface area contributed by atoms with E-state index in [9.17, 15) is 18.0 Å². The maximum absolute atomic E-state index is 13.4. The second-order valence-corrected chi connectivity index (χ2v) is 15.2. The summed E-state index contributed by atoms with van der Waals surface area (Å²) in [5.41, 5.74) is 2.61. The maximum Gasteiger partial charge on any atom is 0.226 e. The van der Waals surface area contributed by atoms with Crippen LogP contribution in [0.1, 0.15) is 80.1 Å². The lowest BCUT2D eigenvalue weighted by atomic mass is 9.73. The molecular weight excluding hydrogens is 604 g/mol. The van der Waals surface area contributed by atoms with E-state index in [0.29, 0.717) is 58.5 Å². The Hall–Kier alpha value is -3.09. The molecule has 1 aromatic carbocycles. The average Bonchev–Trinajstić information content (AvgIpc) is 3.04. The van der Waals surface area contributed by atoms with Gasteiger partial charge in [0.15, 0.2) is 0 Å². The van der Waals surface area contributed by atoms with Crippen LogP contribution in [0.2, 0.25) is 0 Å². The first-order valence-electron chi connectivity index (χ1n) is 16.9. The van der Waals surface area contributed by atoms with Gasteiger partial charge in [0.25, 0.3) is 0 Å². The number of ether oxygens (including phenoxy) is 1. The molecule has 0 atom stereocenters. The minimum Gasteiger partial charge on any atom is -0.491 e. The monoisotopic (exact) mass is 654 g/mol. The molecule has 5 rings (SSSR count). The van der Waals surface area contributed by atoms with Crippen molar-refractivity contribution in [1.82, 2.24) is 29.8 Å². The van der Waals surface area contributed by atoms with Crippen molar-refractivity contribution in [2.24, 2.45) is 5.41 Å². The molecule has 4 heterocycles. The number of aryl methyl sites for hydroxylation is 3. The van der Waals surface area contributed by atoms with Crippen molar-refractivity contribution >= 4 is 21.8 Å². The molecule has 0 radical (unpaired) electrons. The third-order valence-electron chi connectivity index (χ3n) is 9.84. The molecule has 0 bridgehead atoms. The van der Waals surface area contributed by atoms with E-state index in [0.717, 1.165) is 81.1 Å². The highest BCUT2D eigenvalue weighted by Crippen LogP contribution is 2.37. The van der Waals surface area contributed by atoms with Gasteiger partial charge in [0.05, 0.1) is 18.2 Å². The van der Waals surface area contributed by atoms with Crippen LogP contribution in [0, 0.1) is 12.3 Å². The van der Waals surface area contributed by atoms with Gasteiger partial charge in [0.1, 0.15) is 18.2 Å². The fourth-order valence-corrected chi connectivity index (χ4v) is 7.91. The average molecular weight is 655 g/mol. The number of fused-ring (bicyclic) bond motifs is 1. The van der Waals surface area contributed by atoms with Crippen molar-refractivity contribution in [3.8, 4) is 5.75 Å². The first-order valence-corrected chi connectivity index (χ1v) is 18.7.